The average Bonchev–Trinajstić information content (AvgIpc) is 2.92. The number of aromatic nitrogens is 2. The van der Waals surface area contributed by atoms with Crippen molar-refractivity contribution in [3.05, 3.63) is 64.1 Å². The van der Waals surface area contributed by atoms with E-state index in [0.717, 1.165) is 41.0 Å². The second-order valence-electron chi connectivity index (χ2n) is 6.32. The molecule has 4 rings (SSSR count). The number of fused-ring (bicyclic) bond motifs is 3. The van der Waals surface area contributed by atoms with Crippen LogP contribution in [-0.2, 0) is 19.6 Å². The van der Waals surface area contributed by atoms with Gasteiger partial charge in [-0.3, -0.25) is 9.55 Å². The minimum Gasteiger partial charge on any atom is -0.302 e. The Labute approximate surface area is 151 Å². The molecule has 25 heavy (non-hydrogen) atoms. The standard InChI is InChI=1S/C20H17ClFN3/c1-24-8-7-20-18(13-24)17-10-15(21)3-5-19(17)25(20)9-6-14-2-4-16(11-22)23-12-14/h2-5,10,12H,7-8,11,13H2,1H3. The first kappa shape index (κ1) is 16.1. The zero-order valence-electron chi connectivity index (χ0n) is 13.9. The highest BCUT2D eigenvalue weighted by Gasteiger charge is 2.22. The normalized spacial score (nSPS) is 14.2. The molecule has 0 saturated carbocycles. The van der Waals surface area contributed by atoms with E-state index < -0.39 is 6.67 Å². The fraction of sp³-hybridized carbons (Fsp3) is 0.250. The summed E-state index contributed by atoms with van der Waals surface area (Å²) >= 11 is 6.21. The molecule has 3 aromatic rings. The number of hydrogen-bond donors (Lipinski definition) is 0. The number of pyridine rings is 1. The van der Waals surface area contributed by atoms with Crippen LogP contribution in [0.25, 0.3) is 10.9 Å². The van der Waals surface area contributed by atoms with Crippen LogP contribution >= 0.6 is 11.6 Å². The van der Waals surface area contributed by atoms with Gasteiger partial charge in [-0.25, -0.2) is 4.39 Å². The molecule has 0 N–H and O–H groups in total. The minimum atomic E-state index is -0.558. The van der Waals surface area contributed by atoms with Gasteiger partial charge in [0.05, 0.1) is 11.2 Å². The van der Waals surface area contributed by atoms with Gasteiger partial charge in [-0.15, -0.1) is 0 Å². The van der Waals surface area contributed by atoms with E-state index in [-0.39, 0.29) is 0 Å². The fourth-order valence-corrected chi connectivity index (χ4v) is 3.46. The maximum Gasteiger partial charge on any atom is 0.131 e. The first-order chi connectivity index (χ1) is 12.2. The molecule has 0 amide bonds. The highest BCUT2D eigenvalue weighted by atomic mass is 35.5. The van der Waals surface area contributed by atoms with E-state index in [1.807, 2.05) is 18.2 Å². The lowest BCUT2D eigenvalue weighted by molar-refractivity contribution is 0.311. The SMILES string of the molecule is CN1CCc2c(c3cc(Cl)ccc3n2C#Cc2ccc(CF)nc2)C1. The van der Waals surface area contributed by atoms with Crippen LogP contribution in [0.15, 0.2) is 36.5 Å². The maximum atomic E-state index is 12.6. The summed E-state index contributed by atoms with van der Waals surface area (Å²) in [4.78, 5) is 6.36. The summed E-state index contributed by atoms with van der Waals surface area (Å²) in [6, 6.07) is 12.7. The van der Waals surface area contributed by atoms with Gasteiger partial charge in [0.15, 0.2) is 0 Å². The maximum absolute atomic E-state index is 12.6. The molecule has 0 unspecified atom stereocenters. The molecule has 1 aromatic carbocycles. The molecule has 1 aliphatic rings. The molecule has 1 aliphatic heterocycles. The number of alkyl halides is 1. The van der Waals surface area contributed by atoms with E-state index in [2.05, 4.69) is 33.5 Å². The van der Waals surface area contributed by atoms with Gasteiger partial charge in [0.1, 0.15) is 6.67 Å². The van der Waals surface area contributed by atoms with Gasteiger partial charge in [0.2, 0.25) is 0 Å². The third kappa shape index (κ3) is 3.02. The molecule has 0 atom stereocenters. The molecule has 126 valence electrons. The van der Waals surface area contributed by atoms with Gasteiger partial charge in [-0.1, -0.05) is 11.6 Å². The number of benzene rings is 1. The third-order valence-corrected chi connectivity index (χ3v) is 4.81. The Morgan fingerprint density at radius 1 is 1.28 bits per heavy atom. The first-order valence-electron chi connectivity index (χ1n) is 8.19. The predicted octanol–water partition coefficient (Wildman–Crippen LogP) is 4.00. The molecule has 0 spiro atoms. The fourth-order valence-electron chi connectivity index (χ4n) is 3.29. The van der Waals surface area contributed by atoms with E-state index in [4.69, 9.17) is 11.6 Å². The molecular formula is C20H17ClFN3. The number of rotatable bonds is 1. The third-order valence-electron chi connectivity index (χ3n) is 4.57. The van der Waals surface area contributed by atoms with Crippen LogP contribution in [0, 0.1) is 12.0 Å². The molecule has 0 fully saturated rings. The van der Waals surface area contributed by atoms with Crippen molar-refractivity contribution >= 4 is 22.5 Å². The van der Waals surface area contributed by atoms with Crippen LogP contribution < -0.4 is 0 Å². The summed E-state index contributed by atoms with van der Waals surface area (Å²) in [5, 5.41) is 1.90. The highest BCUT2D eigenvalue weighted by Crippen LogP contribution is 2.31. The Morgan fingerprint density at radius 2 is 2.16 bits per heavy atom. The Morgan fingerprint density at radius 3 is 2.92 bits per heavy atom. The van der Waals surface area contributed by atoms with Gasteiger partial charge < -0.3 is 4.90 Å². The smallest absolute Gasteiger partial charge is 0.131 e. The van der Waals surface area contributed by atoms with E-state index >= 15 is 0 Å². The lowest BCUT2D eigenvalue weighted by atomic mass is 10.1. The lowest BCUT2D eigenvalue weighted by Gasteiger charge is -2.23. The summed E-state index contributed by atoms with van der Waals surface area (Å²) in [5.74, 6) is 3.15. The molecule has 5 heteroatoms. The zero-order valence-corrected chi connectivity index (χ0v) is 14.6. The number of likely N-dealkylation sites (N-methyl/N-ethyl adjacent to an activating group) is 1. The summed E-state index contributed by atoms with van der Waals surface area (Å²) in [6.07, 6.45) is 2.57. The van der Waals surface area contributed by atoms with Gasteiger partial charge in [0, 0.05) is 53.4 Å². The second-order valence-corrected chi connectivity index (χ2v) is 6.75. The van der Waals surface area contributed by atoms with E-state index in [1.54, 1.807) is 18.3 Å². The van der Waals surface area contributed by atoms with Crippen molar-refractivity contribution < 1.29 is 4.39 Å². The van der Waals surface area contributed by atoms with Crippen LogP contribution in [0.5, 0.6) is 0 Å². The summed E-state index contributed by atoms with van der Waals surface area (Å²) in [7, 11) is 2.13. The lowest BCUT2D eigenvalue weighted by Crippen LogP contribution is -2.27. The van der Waals surface area contributed by atoms with Crippen molar-refractivity contribution in [2.75, 3.05) is 13.6 Å². The average molecular weight is 354 g/mol. The Bertz CT molecular complexity index is 996. The van der Waals surface area contributed by atoms with E-state index in [1.165, 1.54) is 11.3 Å². The van der Waals surface area contributed by atoms with Gasteiger partial charge in [0.25, 0.3) is 0 Å². The van der Waals surface area contributed by atoms with Crippen molar-refractivity contribution in [1.29, 1.82) is 0 Å². The number of halogens is 2. The minimum absolute atomic E-state index is 0.423. The molecule has 2 aromatic heterocycles. The van der Waals surface area contributed by atoms with Gasteiger partial charge >= 0.3 is 0 Å². The van der Waals surface area contributed by atoms with Crippen molar-refractivity contribution in [2.45, 2.75) is 19.6 Å². The number of nitrogens with zero attached hydrogens (tertiary/aromatic N) is 3. The van der Waals surface area contributed by atoms with E-state index in [0.29, 0.717) is 5.69 Å². The molecule has 0 aliphatic carbocycles. The van der Waals surface area contributed by atoms with Crippen molar-refractivity contribution in [2.24, 2.45) is 0 Å². The zero-order chi connectivity index (χ0) is 17.4. The first-order valence-corrected chi connectivity index (χ1v) is 8.56. The van der Waals surface area contributed by atoms with Crippen molar-refractivity contribution in [1.82, 2.24) is 14.5 Å². The van der Waals surface area contributed by atoms with Crippen molar-refractivity contribution in [3.8, 4) is 12.0 Å². The van der Waals surface area contributed by atoms with Crippen LogP contribution in [-0.4, -0.2) is 28.0 Å². The van der Waals surface area contributed by atoms with Crippen LogP contribution in [0.2, 0.25) is 5.02 Å². The van der Waals surface area contributed by atoms with Crippen molar-refractivity contribution in [3.63, 3.8) is 0 Å². The molecule has 0 radical (unpaired) electrons. The highest BCUT2D eigenvalue weighted by molar-refractivity contribution is 6.31. The summed E-state index contributed by atoms with van der Waals surface area (Å²) < 4.78 is 14.6. The molecule has 0 bridgehead atoms. The quantitative estimate of drug-likeness (QED) is 0.616. The monoisotopic (exact) mass is 353 g/mol. The molecule has 0 saturated heterocycles. The molecule has 3 heterocycles. The second kappa shape index (κ2) is 6.51. The van der Waals surface area contributed by atoms with E-state index in [9.17, 15) is 4.39 Å². The van der Waals surface area contributed by atoms with Gasteiger partial charge in [-0.05, 0) is 48.9 Å². The topological polar surface area (TPSA) is 21.1 Å². The summed E-state index contributed by atoms with van der Waals surface area (Å²) in [6.45, 7) is 1.34. The van der Waals surface area contributed by atoms with Crippen LogP contribution in [0.4, 0.5) is 4.39 Å². The van der Waals surface area contributed by atoms with Gasteiger partial charge in [-0.2, -0.15) is 0 Å². The largest absolute Gasteiger partial charge is 0.302 e. The predicted molar refractivity (Wildman–Crippen MR) is 98.3 cm³/mol. The Hall–Kier alpha value is -2.35. The summed E-state index contributed by atoms with van der Waals surface area (Å²) in [5.41, 5.74) is 4.81. The van der Waals surface area contributed by atoms with Crippen LogP contribution in [0.3, 0.4) is 0 Å². The van der Waals surface area contributed by atoms with Crippen LogP contribution in [0.1, 0.15) is 22.5 Å². The number of hydrogen-bond acceptors (Lipinski definition) is 2. The Kier molecular flexibility index (Phi) is 4.20. The molecular weight excluding hydrogens is 337 g/mol. The molecule has 3 nitrogen and oxygen atoms in total. The Balaban J connectivity index is 1.83.